The molecule has 0 fully saturated rings. The minimum absolute atomic E-state index is 0.0843. The molecule has 0 heterocycles. The maximum Gasteiger partial charge on any atom is 0.336 e. The maximum absolute atomic E-state index is 12.2. The summed E-state index contributed by atoms with van der Waals surface area (Å²) in [6, 6.07) is 9.34. The van der Waals surface area contributed by atoms with Crippen molar-refractivity contribution in [2.24, 2.45) is 0 Å². The molecule has 0 aliphatic heterocycles. The molecule has 0 aliphatic rings. The summed E-state index contributed by atoms with van der Waals surface area (Å²) >= 11 is 5.78. The summed E-state index contributed by atoms with van der Waals surface area (Å²) in [5.74, 6) is -1.90. The standard InChI is InChI=1S/C14H10ClNO5S/c15-8-1-6-11(14(18)19)12(7-8)13(17)16-9-2-4-10(5-3-9)22(20)21/h1-7,22H,(H,16,17)(H,18,19). The average Bonchev–Trinajstić information content (AvgIpc) is 2.47. The lowest BCUT2D eigenvalue weighted by Crippen LogP contribution is -2.16. The highest BCUT2D eigenvalue weighted by atomic mass is 35.5. The number of benzene rings is 2. The van der Waals surface area contributed by atoms with Gasteiger partial charge in [0, 0.05) is 10.7 Å². The Morgan fingerprint density at radius 2 is 1.64 bits per heavy atom. The summed E-state index contributed by atoms with van der Waals surface area (Å²) in [5, 5.41) is 11.8. The van der Waals surface area contributed by atoms with E-state index in [1.165, 1.54) is 42.5 Å². The van der Waals surface area contributed by atoms with Crippen LogP contribution in [0.25, 0.3) is 0 Å². The molecule has 2 rings (SSSR count). The smallest absolute Gasteiger partial charge is 0.336 e. The summed E-state index contributed by atoms with van der Waals surface area (Å²) in [7, 11) is -2.70. The zero-order valence-electron chi connectivity index (χ0n) is 10.9. The summed E-state index contributed by atoms with van der Waals surface area (Å²) in [4.78, 5) is 23.4. The van der Waals surface area contributed by atoms with E-state index in [1.807, 2.05) is 0 Å². The Morgan fingerprint density at radius 1 is 1.00 bits per heavy atom. The molecule has 0 saturated heterocycles. The number of halogens is 1. The van der Waals surface area contributed by atoms with Crippen molar-refractivity contribution in [2.45, 2.75) is 4.90 Å². The molecule has 0 spiro atoms. The number of thiol groups is 1. The third kappa shape index (κ3) is 3.63. The first-order valence-electron chi connectivity index (χ1n) is 5.97. The molecule has 0 aliphatic carbocycles. The van der Waals surface area contributed by atoms with Gasteiger partial charge in [0.25, 0.3) is 5.91 Å². The van der Waals surface area contributed by atoms with Crippen LogP contribution >= 0.6 is 11.6 Å². The van der Waals surface area contributed by atoms with Gasteiger partial charge in [-0.2, -0.15) is 0 Å². The first-order valence-corrected chi connectivity index (χ1v) is 7.52. The number of anilines is 1. The molecular weight excluding hydrogens is 330 g/mol. The Bertz CT molecular complexity index is 806. The molecule has 6 nitrogen and oxygen atoms in total. The Morgan fingerprint density at radius 3 is 2.18 bits per heavy atom. The lowest BCUT2D eigenvalue weighted by atomic mass is 10.1. The van der Waals surface area contributed by atoms with Crippen molar-refractivity contribution < 1.29 is 23.1 Å². The van der Waals surface area contributed by atoms with Crippen LogP contribution in [0.1, 0.15) is 20.7 Å². The van der Waals surface area contributed by atoms with E-state index in [-0.39, 0.29) is 21.0 Å². The first-order chi connectivity index (χ1) is 10.4. The largest absolute Gasteiger partial charge is 0.478 e. The quantitative estimate of drug-likeness (QED) is 0.742. The van der Waals surface area contributed by atoms with Gasteiger partial charge in [-0.25, -0.2) is 13.2 Å². The highest BCUT2D eigenvalue weighted by molar-refractivity contribution is 7.72. The Kier molecular flexibility index (Phi) is 4.79. The minimum atomic E-state index is -2.70. The van der Waals surface area contributed by atoms with Gasteiger partial charge in [0.1, 0.15) is 0 Å². The number of carboxylic acids is 1. The SMILES string of the molecule is O=C(O)c1ccc(Cl)cc1C(=O)Nc1ccc([SH](=O)=O)cc1. The van der Waals surface area contributed by atoms with E-state index in [1.54, 1.807) is 0 Å². The molecule has 2 aromatic carbocycles. The van der Waals surface area contributed by atoms with Crippen molar-refractivity contribution in [2.75, 3.05) is 5.32 Å². The van der Waals surface area contributed by atoms with Gasteiger partial charge in [-0.15, -0.1) is 0 Å². The fourth-order valence-corrected chi connectivity index (χ4v) is 2.32. The van der Waals surface area contributed by atoms with E-state index >= 15 is 0 Å². The molecule has 8 heteroatoms. The Balaban J connectivity index is 2.29. The number of rotatable bonds is 4. The lowest BCUT2D eigenvalue weighted by Gasteiger charge is -2.08. The van der Waals surface area contributed by atoms with Crippen LogP contribution in [0, 0.1) is 0 Å². The van der Waals surface area contributed by atoms with E-state index in [2.05, 4.69) is 5.32 Å². The van der Waals surface area contributed by atoms with Crippen LogP contribution in [0.15, 0.2) is 47.4 Å². The van der Waals surface area contributed by atoms with E-state index in [0.29, 0.717) is 5.69 Å². The van der Waals surface area contributed by atoms with Gasteiger partial charge in [0.2, 0.25) is 0 Å². The third-order valence-electron chi connectivity index (χ3n) is 2.79. The predicted molar refractivity (Wildman–Crippen MR) is 81.4 cm³/mol. The van der Waals surface area contributed by atoms with E-state index in [9.17, 15) is 18.0 Å². The molecule has 2 aromatic rings. The summed E-state index contributed by atoms with van der Waals surface area (Å²) in [6.45, 7) is 0. The van der Waals surface area contributed by atoms with Crippen molar-refractivity contribution in [3.05, 3.63) is 58.6 Å². The topological polar surface area (TPSA) is 101 Å². The van der Waals surface area contributed by atoms with Crippen LogP contribution in [0.3, 0.4) is 0 Å². The van der Waals surface area contributed by atoms with Gasteiger partial charge >= 0.3 is 5.97 Å². The average molecular weight is 340 g/mol. The lowest BCUT2D eigenvalue weighted by molar-refractivity contribution is 0.0692. The van der Waals surface area contributed by atoms with E-state index < -0.39 is 22.6 Å². The number of carbonyl (C=O) groups is 2. The monoisotopic (exact) mass is 339 g/mol. The third-order valence-corrected chi connectivity index (χ3v) is 3.75. The number of nitrogens with one attached hydrogen (secondary N) is 1. The number of hydrogen-bond donors (Lipinski definition) is 3. The molecule has 114 valence electrons. The number of hydrogen-bond acceptors (Lipinski definition) is 4. The van der Waals surface area contributed by atoms with Crippen molar-refractivity contribution >= 4 is 39.9 Å². The molecule has 0 saturated carbocycles. The molecule has 0 atom stereocenters. The number of carbonyl (C=O) groups excluding carboxylic acids is 1. The van der Waals surface area contributed by atoms with Crippen molar-refractivity contribution in [1.82, 2.24) is 0 Å². The second-order valence-electron chi connectivity index (χ2n) is 4.25. The van der Waals surface area contributed by atoms with Crippen LogP contribution < -0.4 is 5.32 Å². The predicted octanol–water partition coefficient (Wildman–Crippen LogP) is 2.26. The number of carboxylic acid groups (broad SMARTS) is 1. The highest BCUT2D eigenvalue weighted by Crippen LogP contribution is 2.18. The fourth-order valence-electron chi connectivity index (χ4n) is 1.76. The van der Waals surface area contributed by atoms with E-state index in [0.717, 1.165) is 0 Å². The van der Waals surface area contributed by atoms with Crippen LogP contribution in [0.5, 0.6) is 0 Å². The minimum Gasteiger partial charge on any atom is -0.478 e. The number of amides is 1. The van der Waals surface area contributed by atoms with Crippen LogP contribution in [0.4, 0.5) is 5.69 Å². The molecule has 22 heavy (non-hydrogen) atoms. The Hall–Kier alpha value is -2.38. The maximum atomic E-state index is 12.2. The fraction of sp³-hybridized carbons (Fsp3) is 0. The Labute approximate surface area is 132 Å². The molecular formula is C14H10ClNO5S. The summed E-state index contributed by atoms with van der Waals surface area (Å²) in [6.07, 6.45) is 0. The van der Waals surface area contributed by atoms with Crippen molar-refractivity contribution in [3.8, 4) is 0 Å². The summed E-state index contributed by atoms with van der Waals surface area (Å²) < 4.78 is 21.6. The molecule has 0 unspecified atom stereocenters. The zero-order valence-corrected chi connectivity index (χ0v) is 12.6. The molecule has 1 amide bonds. The van der Waals surface area contributed by atoms with Gasteiger partial charge in [0.15, 0.2) is 10.7 Å². The molecule has 0 aromatic heterocycles. The van der Waals surface area contributed by atoms with Crippen molar-refractivity contribution in [1.29, 1.82) is 0 Å². The normalized spacial score (nSPS) is 10.5. The van der Waals surface area contributed by atoms with Crippen molar-refractivity contribution in [3.63, 3.8) is 0 Å². The van der Waals surface area contributed by atoms with Gasteiger partial charge in [-0.05, 0) is 42.5 Å². The van der Waals surface area contributed by atoms with Crippen LogP contribution in [-0.4, -0.2) is 25.4 Å². The molecule has 0 radical (unpaired) electrons. The number of aromatic carboxylic acids is 1. The van der Waals surface area contributed by atoms with Crippen LogP contribution in [0.2, 0.25) is 5.02 Å². The first kappa shape index (κ1) is 16.0. The van der Waals surface area contributed by atoms with Gasteiger partial charge < -0.3 is 10.4 Å². The van der Waals surface area contributed by atoms with E-state index in [4.69, 9.17) is 16.7 Å². The van der Waals surface area contributed by atoms with Crippen LogP contribution in [-0.2, 0) is 10.7 Å². The van der Waals surface area contributed by atoms with Gasteiger partial charge in [-0.3, -0.25) is 4.79 Å². The zero-order chi connectivity index (χ0) is 16.3. The van der Waals surface area contributed by atoms with Gasteiger partial charge in [0.05, 0.1) is 16.0 Å². The summed E-state index contributed by atoms with van der Waals surface area (Å²) in [5.41, 5.74) is 0.0713. The molecule has 0 bridgehead atoms. The molecule has 2 N–H and O–H groups in total. The van der Waals surface area contributed by atoms with Gasteiger partial charge in [-0.1, -0.05) is 11.6 Å². The highest BCUT2D eigenvalue weighted by Gasteiger charge is 2.17. The second-order valence-corrected chi connectivity index (χ2v) is 5.72. The second kappa shape index (κ2) is 6.59.